The van der Waals surface area contributed by atoms with Crippen molar-refractivity contribution in [2.75, 3.05) is 4.90 Å². The van der Waals surface area contributed by atoms with Crippen LogP contribution in [0.1, 0.15) is 17.0 Å². The zero-order valence-electron chi connectivity index (χ0n) is 19.2. The number of nitro groups is 1. The maximum atomic E-state index is 11.4. The van der Waals surface area contributed by atoms with Crippen LogP contribution in [0.5, 0.6) is 0 Å². The molecule has 1 heterocycles. The van der Waals surface area contributed by atoms with Gasteiger partial charge in [-0.15, -0.1) is 0 Å². The second kappa shape index (κ2) is 10.4. The summed E-state index contributed by atoms with van der Waals surface area (Å²) < 4.78 is 2.09. The van der Waals surface area contributed by atoms with Crippen molar-refractivity contribution in [1.29, 1.82) is 0 Å². The van der Waals surface area contributed by atoms with E-state index in [9.17, 15) is 10.1 Å². The molecule has 0 atom stereocenters. The minimum absolute atomic E-state index is 0.00806. The number of hydrogen-bond donors (Lipinski definition) is 0. The van der Waals surface area contributed by atoms with Gasteiger partial charge in [-0.2, -0.15) is 0 Å². The lowest BCUT2D eigenvalue weighted by molar-refractivity contribution is -0.384. The fourth-order valence-electron chi connectivity index (χ4n) is 4.32. The van der Waals surface area contributed by atoms with Crippen LogP contribution >= 0.6 is 23.2 Å². The fourth-order valence-corrected chi connectivity index (χ4v) is 4.96. The van der Waals surface area contributed by atoms with Crippen molar-refractivity contribution in [3.8, 4) is 0 Å². The summed E-state index contributed by atoms with van der Waals surface area (Å²) in [6.45, 7) is 1.52. The average molecular weight is 517 g/mol. The molecule has 5 rings (SSSR count). The highest BCUT2D eigenvalue weighted by Crippen LogP contribution is 2.36. The Hall–Kier alpha value is -3.87. The lowest BCUT2D eigenvalue weighted by atomic mass is 10.2. The van der Waals surface area contributed by atoms with Gasteiger partial charge in [-0.05, 0) is 29.3 Å². The van der Waals surface area contributed by atoms with E-state index in [4.69, 9.17) is 28.2 Å². The van der Waals surface area contributed by atoms with Gasteiger partial charge in [0.1, 0.15) is 5.82 Å². The molecule has 8 heteroatoms. The van der Waals surface area contributed by atoms with Gasteiger partial charge in [-0.3, -0.25) is 10.1 Å². The second-order valence-electron chi connectivity index (χ2n) is 8.44. The van der Waals surface area contributed by atoms with E-state index in [1.54, 1.807) is 6.07 Å². The number of hydrogen-bond acceptors (Lipinski definition) is 4. The molecule has 1 aromatic heterocycles. The van der Waals surface area contributed by atoms with E-state index in [1.165, 1.54) is 12.1 Å². The first-order chi connectivity index (χ1) is 17.5. The van der Waals surface area contributed by atoms with Crippen LogP contribution in [0, 0.1) is 10.1 Å². The number of halogens is 2. The topological polar surface area (TPSA) is 64.2 Å². The Morgan fingerprint density at radius 3 is 2.08 bits per heavy atom. The van der Waals surface area contributed by atoms with Crippen molar-refractivity contribution in [2.45, 2.75) is 19.6 Å². The zero-order chi connectivity index (χ0) is 25.1. The number of rotatable bonds is 8. The van der Waals surface area contributed by atoms with Gasteiger partial charge < -0.3 is 9.47 Å². The number of para-hydroxylation sites is 1. The van der Waals surface area contributed by atoms with E-state index in [-0.39, 0.29) is 5.69 Å². The zero-order valence-corrected chi connectivity index (χ0v) is 20.7. The summed E-state index contributed by atoms with van der Waals surface area (Å²) in [5.41, 5.74) is 4.31. The minimum Gasteiger partial charge on any atom is -0.357 e. The first-order valence-corrected chi connectivity index (χ1v) is 12.2. The Balaban J connectivity index is 1.62. The van der Waals surface area contributed by atoms with Gasteiger partial charge in [0.05, 0.1) is 38.2 Å². The molecular formula is C28H22Cl2N4O2. The molecule has 0 saturated heterocycles. The molecule has 0 spiro atoms. The van der Waals surface area contributed by atoms with Crippen molar-refractivity contribution in [3.63, 3.8) is 0 Å². The minimum atomic E-state index is -0.402. The SMILES string of the molecule is O=[N+]([O-])c1ccc2c(c1)nc(CN(Cc1ccccc1)c1c(Cl)cccc1Cl)n2Cc1ccccc1. The fraction of sp³-hybridized carbons (Fsp3) is 0.107. The maximum absolute atomic E-state index is 11.4. The Bertz CT molecular complexity index is 1500. The van der Waals surface area contributed by atoms with Crippen LogP contribution in [0.4, 0.5) is 11.4 Å². The molecule has 0 amide bonds. The van der Waals surface area contributed by atoms with Gasteiger partial charge >= 0.3 is 0 Å². The molecule has 0 aliphatic heterocycles. The molecule has 0 radical (unpaired) electrons. The number of nitrogens with zero attached hydrogens (tertiary/aromatic N) is 4. The van der Waals surface area contributed by atoms with Gasteiger partial charge in [0.2, 0.25) is 0 Å². The van der Waals surface area contributed by atoms with Gasteiger partial charge in [-0.1, -0.05) is 89.9 Å². The van der Waals surface area contributed by atoms with Crippen LogP contribution in [0.25, 0.3) is 11.0 Å². The molecule has 0 fully saturated rings. The number of benzene rings is 4. The predicted molar refractivity (Wildman–Crippen MR) is 145 cm³/mol. The summed E-state index contributed by atoms with van der Waals surface area (Å²) in [7, 11) is 0. The Morgan fingerprint density at radius 2 is 1.44 bits per heavy atom. The third-order valence-electron chi connectivity index (χ3n) is 6.01. The van der Waals surface area contributed by atoms with Crippen molar-refractivity contribution in [3.05, 3.63) is 134 Å². The lowest BCUT2D eigenvalue weighted by Crippen LogP contribution is -2.25. The van der Waals surface area contributed by atoms with E-state index < -0.39 is 4.92 Å². The first-order valence-electron chi connectivity index (χ1n) is 11.4. The molecule has 0 bridgehead atoms. The molecule has 4 aromatic carbocycles. The summed E-state index contributed by atoms with van der Waals surface area (Å²) in [6.07, 6.45) is 0. The molecule has 0 N–H and O–H groups in total. The van der Waals surface area contributed by atoms with Crippen LogP contribution < -0.4 is 4.90 Å². The lowest BCUT2D eigenvalue weighted by Gasteiger charge is -2.27. The van der Waals surface area contributed by atoms with E-state index in [0.29, 0.717) is 40.9 Å². The number of non-ortho nitro benzene ring substituents is 1. The van der Waals surface area contributed by atoms with E-state index in [2.05, 4.69) is 9.47 Å². The summed E-state index contributed by atoms with van der Waals surface area (Å²) in [4.78, 5) is 17.9. The van der Waals surface area contributed by atoms with Gasteiger partial charge in [0.15, 0.2) is 0 Å². The predicted octanol–water partition coefficient (Wildman–Crippen LogP) is 7.51. The standard InChI is InChI=1S/C28H22Cl2N4O2/c29-23-12-7-13-24(30)28(23)32(17-20-8-3-1-4-9-20)19-27-31-25-16-22(34(35)36)14-15-26(25)33(27)18-21-10-5-2-6-11-21/h1-16H,17-19H2. The monoisotopic (exact) mass is 516 g/mol. The molecule has 180 valence electrons. The van der Waals surface area contributed by atoms with Crippen molar-refractivity contribution in [1.82, 2.24) is 9.55 Å². The largest absolute Gasteiger partial charge is 0.357 e. The van der Waals surface area contributed by atoms with Gasteiger partial charge in [0, 0.05) is 25.2 Å². The molecule has 0 unspecified atom stereocenters. The maximum Gasteiger partial charge on any atom is 0.271 e. The summed E-state index contributed by atoms with van der Waals surface area (Å²) in [5.74, 6) is 0.751. The first kappa shape index (κ1) is 23.9. The molecular weight excluding hydrogens is 495 g/mol. The van der Waals surface area contributed by atoms with Crippen molar-refractivity contribution in [2.24, 2.45) is 0 Å². The van der Waals surface area contributed by atoms with Gasteiger partial charge in [-0.25, -0.2) is 4.98 Å². The highest BCUT2D eigenvalue weighted by molar-refractivity contribution is 6.39. The summed E-state index contributed by atoms with van der Waals surface area (Å²) in [6, 6.07) is 30.4. The van der Waals surface area contributed by atoms with Crippen LogP contribution in [0.15, 0.2) is 97.1 Å². The van der Waals surface area contributed by atoms with Crippen LogP contribution in [-0.2, 0) is 19.6 Å². The molecule has 0 saturated carbocycles. The van der Waals surface area contributed by atoms with Crippen LogP contribution in [0.2, 0.25) is 10.0 Å². The number of fused-ring (bicyclic) bond motifs is 1. The number of aromatic nitrogens is 2. The molecule has 6 nitrogen and oxygen atoms in total. The third-order valence-corrected chi connectivity index (χ3v) is 6.62. The highest BCUT2D eigenvalue weighted by atomic mass is 35.5. The van der Waals surface area contributed by atoms with E-state index in [1.807, 2.05) is 78.9 Å². The van der Waals surface area contributed by atoms with Crippen LogP contribution in [-0.4, -0.2) is 14.5 Å². The molecule has 5 aromatic rings. The average Bonchev–Trinajstić information content (AvgIpc) is 3.21. The second-order valence-corrected chi connectivity index (χ2v) is 9.26. The summed E-state index contributed by atoms with van der Waals surface area (Å²) in [5, 5.41) is 12.5. The molecule has 0 aliphatic carbocycles. The summed E-state index contributed by atoms with van der Waals surface area (Å²) >= 11 is 13.3. The van der Waals surface area contributed by atoms with Gasteiger partial charge in [0.25, 0.3) is 5.69 Å². The van der Waals surface area contributed by atoms with Crippen molar-refractivity contribution < 1.29 is 4.92 Å². The normalized spacial score (nSPS) is 11.1. The van der Waals surface area contributed by atoms with E-state index >= 15 is 0 Å². The number of imidazole rings is 1. The Kier molecular flexibility index (Phi) is 6.89. The quantitative estimate of drug-likeness (QED) is 0.158. The molecule has 36 heavy (non-hydrogen) atoms. The number of anilines is 1. The highest BCUT2D eigenvalue weighted by Gasteiger charge is 2.21. The Morgan fingerprint density at radius 1 is 0.806 bits per heavy atom. The number of nitro benzene ring substituents is 1. The molecule has 0 aliphatic rings. The smallest absolute Gasteiger partial charge is 0.271 e. The van der Waals surface area contributed by atoms with E-state index in [0.717, 1.165) is 22.5 Å². The third kappa shape index (κ3) is 5.05. The Labute approximate surface area is 218 Å². The van der Waals surface area contributed by atoms with Crippen LogP contribution in [0.3, 0.4) is 0 Å². The van der Waals surface area contributed by atoms with Crippen molar-refractivity contribution >= 4 is 45.6 Å².